The second kappa shape index (κ2) is 5.35. The maximum absolute atomic E-state index is 6.42. The number of hydrogen-bond donors (Lipinski definition) is 0. The molecule has 0 radical (unpaired) electrons. The zero-order valence-electron chi connectivity index (χ0n) is 16.6. The van der Waals surface area contributed by atoms with Crippen LogP contribution in [0.15, 0.2) is 12.2 Å². The van der Waals surface area contributed by atoms with Crippen molar-refractivity contribution >= 4 is 0 Å². The second-order valence-corrected chi connectivity index (χ2v) is 10.2. The van der Waals surface area contributed by atoms with Crippen LogP contribution in [-0.4, -0.2) is 55.0 Å². The van der Waals surface area contributed by atoms with Crippen molar-refractivity contribution in [1.29, 1.82) is 0 Å². The molecule has 1 spiro atoms. The van der Waals surface area contributed by atoms with Gasteiger partial charge in [0.25, 0.3) is 0 Å². The van der Waals surface area contributed by atoms with E-state index in [1.807, 2.05) is 27.7 Å². The Morgan fingerprint density at radius 3 is 2.19 bits per heavy atom. The molecule has 4 aliphatic heterocycles. The molecule has 0 aromatic rings. The van der Waals surface area contributed by atoms with Gasteiger partial charge in [-0.1, -0.05) is 12.2 Å². The van der Waals surface area contributed by atoms with Gasteiger partial charge < -0.3 is 28.4 Å². The summed E-state index contributed by atoms with van der Waals surface area (Å²) in [5.74, 6) is 0.0479. The molecule has 0 aromatic carbocycles. The van der Waals surface area contributed by atoms with Gasteiger partial charge in [0.15, 0.2) is 17.9 Å². The van der Waals surface area contributed by atoms with Crippen LogP contribution in [0.1, 0.15) is 47.0 Å². The highest BCUT2D eigenvalue weighted by Gasteiger charge is 2.64. The van der Waals surface area contributed by atoms with Crippen LogP contribution in [-0.2, 0) is 28.4 Å². The number of hydrogen-bond acceptors (Lipinski definition) is 6. The van der Waals surface area contributed by atoms with E-state index < -0.39 is 17.9 Å². The van der Waals surface area contributed by atoms with Gasteiger partial charge in [-0.05, 0) is 58.8 Å². The standard InChI is InChI=1S/C21H30O6/c1-19(2)24-15-14(23-18-17(16(15)25-19)26-20(3,4)27-18)13-9-21(10-22-13)8-11-5-6-12(21)7-11/h5-6,11-18H,7-10H2,1-4H3/t11-,12+,13-,14+,15-,16-,17+,18+,21+/m0/s1. The summed E-state index contributed by atoms with van der Waals surface area (Å²) in [4.78, 5) is 0. The molecule has 1 saturated carbocycles. The summed E-state index contributed by atoms with van der Waals surface area (Å²) in [6.45, 7) is 8.57. The zero-order chi connectivity index (χ0) is 18.6. The molecule has 4 heterocycles. The van der Waals surface area contributed by atoms with E-state index in [4.69, 9.17) is 28.4 Å². The second-order valence-electron chi connectivity index (χ2n) is 10.2. The molecule has 0 unspecified atom stereocenters. The Bertz CT molecular complexity index is 674. The van der Waals surface area contributed by atoms with Gasteiger partial charge >= 0.3 is 0 Å². The molecule has 4 saturated heterocycles. The van der Waals surface area contributed by atoms with Crippen molar-refractivity contribution in [1.82, 2.24) is 0 Å². The fraction of sp³-hybridized carbons (Fsp3) is 0.905. The summed E-state index contributed by atoms with van der Waals surface area (Å²) >= 11 is 0. The Morgan fingerprint density at radius 2 is 1.48 bits per heavy atom. The van der Waals surface area contributed by atoms with Crippen LogP contribution in [0.2, 0.25) is 0 Å². The molecular weight excluding hydrogens is 348 g/mol. The Labute approximate surface area is 160 Å². The molecule has 6 heteroatoms. The average molecular weight is 378 g/mol. The summed E-state index contributed by atoms with van der Waals surface area (Å²) in [6.07, 6.45) is 7.06. The lowest BCUT2D eigenvalue weighted by molar-refractivity contribution is -0.253. The van der Waals surface area contributed by atoms with E-state index in [0.717, 1.165) is 18.9 Å². The average Bonchev–Trinajstić information content (AvgIpc) is 3.34. The van der Waals surface area contributed by atoms with Crippen LogP contribution in [0.4, 0.5) is 0 Å². The predicted molar refractivity (Wildman–Crippen MR) is 94.7 cm³/mol. The van der Waals surface area contributed by atoms with E-state index in [-0.39, 0.29) is 35.9 Å². The van der Waals surface area contributed by atoms with Crippen LogP contribution in [0.3, 0.4) is 0 Å². The molecule has 6 rings (SSSR count). The summed E-state index contributed by atoms with van der Waals surface area (Å²) in [6, 6.07) is 0. The van der Waals surface area contributed by atoms with Gasteiger partial charge in [0.2, 0.25) is 0 Å². The first-order chi connectivity index (χ1) is 12.7. The fourth-order valence-electron chi connectivity index (χ4n) is 6.40. The minimum absolute atomic E-state index is 0.0102. The van der Waals surface area contributed by atoms with Crippen molar-refractivity contribution in [2.45, 2.75) is 95.3 Å². The van der Waals surface area contributed by atoms with Crippen molar-refractivity contribution in [3.8, 4) is 0 Å². The lowest BCUT2D eigenvalue weighted by Crippen LogP contribution is -2.58. The molecule has 0 aromatic heterocycles. The molecule has 6 nitrogen and oxygen atoms in total. The summed E-state index contributed by atoms with van der Waals surface area (Å²) in [5.41, 5.74) is 0.279. The Kier molecular flexibility index (Phi) is 3.44. The normalized spacial score (nSPS) is 56.7. The van der Waals surface area contributed by atoms with E-state index >= 15 is 0 Å². The molecule has 0 N–H and O–H groups in total. The molecule has 5 fully saturated rings. The van der Waals surface area contributed by atoms with Gasteiger partial charge in [0.1, 0.15) is 24.4 Å². The van der Waals surface area contributed by atoms with Crippen molar-refractivity contribution in [2.24, 2.45) is 17.3 Å². The molecule has 2 bridgehead atoms. The highest BCUT2D eigenvalue weighted by molar-refractivity contribution is 5.18. The maximum atomic E-state index is 6.42. The molecule has 150 valence electrons. The van der Waals surface area contributed by atoms with Crippen LogP contribution in [0, 0.1) is 17.3 Å². The van der Waals surface area contributed by atoms with Crippen LogP contribution in [0.5, 0.6) is 0 Å². The lowest BCUT2D eigenvalue weighted by atomic mass is 9.73. The van der Waals surface area contributed by atoms with Gasteiger partial charge in [0, 0.05) is 5.41 Å². The molecule has 27 heavy (non-hydrogen) atoms. The topological polar surface area (TPSA) is 55.4 Å². The van der Waals surface area contributed by atoms with E-state index in [2.05, 4.69) is 12.2 Å². The molecule has 9 atom stereocenters. The SMILES string of the molecule is CC1(C)O[C@@H]2[C@H](O1)[C@H]1OC(C)(C)O[C@H]1O[C@@H]2[C@@H]1C[C@@]2(CO1)C[C@H]1C=C[C@@H]2C1. The van der Waals surface area contributed by atoms with Crippen LogP contribution >= 0.6 is 0 Å². The minimum atomic E-state index is -0.683. The van der Waals surface area contributed by atoms with E-state index in [9.17, 15) is 0 Å². The third kappa shape index (κ3) is 2.54. The van der Waals surface area contributed by atoms with Crippen molar-refractivity contribution in [3.05, 3.63) is 12.2 Å². The highest BCUT2D eigenvalue weighted by Crippen LogP contribution is 2.58. The lowest BCUT2D eigenvalue weighted by Gasteiger charge is -2.40. The van der Waals surface area contributed by atoms with Crippen molar-refractivity contribution in [3.63, 3.8) is 0 Å². The van der Waals surface area contributed by atoms with Gasteiger partial charge in [-0.3, -0.25) is 0 Å². The zero-order valence-corrected chi connectivity index (χ0v) is 16.6. The molecule has 2 aliphatic carbocycles. The number of ether oxygens (including phenoxy) is 6. The summed E-state index contributed by atoms with van der Waals surface area (Å²) < 4.78 is 37.5. The van der Waals surface area contributed by atoms with Gasteiger partial charge in [-0.25, -0.2) is 0 Å². The number of rotatable bonds is 1. The minimum Gasteiger partial charge on any atom is -0.375 e. The third-order valence-corrected chi connectivity index (χ3v) is 7.38. The van der Waals surface area contributed by atoms with E-state index in [1.54, 1.807) is 0 Å². The van der Waals surface area contributed by atoms with Gasteiger partial charge in [0.05, 0.1) is 12.7 Å². The Hall–Kier alpha value is -0.500. The molecule has 0 amide bonds. The van der Waals surface area contributed by atoms with Crippen molar-refractivity contribution in [2.75, 3.05) is 6.61 Å². The van der Waals surface area contributed by atoms with Gasteiger partial charge in [-0.2, -0.15) is 0 Å². The smallest absolute Gasteiger partial charge is 0.190 e. The summed E-state index contributed by atoms with van der Waals surface area (Å²) in [7, 11) is 0. The highest BCUT2D eigenvalue weighted by atomic mass is 16.9. The maximum Gasteiger partial charge on any atom is 0.190 e. The third-order valence-electron chi connectivity index (χ3n) is 7.38. The monoisotopic (exact) mass is 378 g/mol. The first-order valence-corrected chi connectivity index (χ1v) is 10.4. The molecular formula is C21H30O6. The fourth-order valence-corrected chi connectivity index (χ4v) is 6.40. The van der Waals surface area contributed by atoms with Crippen LogP contribution < -0.4 is 0 Å². The first-order valence-electron chi connectivity index (χ1n) is 10.4. The van der Waals surface area contributed by atoms with Crippen molar-refractivity contribution < 1.29 is 28.4 Å². The number of fused-ring (bicyclic) bond motifs is 6. The van der Waals surface area contributed by atoms with Crippen LogP contribution in [0.25, 0.3) is 0 Å². The quantitative estimate of drug-likeness (QED) is 0.654. The molecule has 6 aliphatic rings. The van der Waals surface area contributed by atoms with E-state index in [0.29, 0.717) is 5.92 Å². The van der Waals surface area contributed by atoms with Gasteiger partial charge in [-0.15, -0.1) is 0 Å². The Balaban J connectivity index is 1.27. The predicted octanol–water partition coefficient (Wildman–Crippen LogP) is 2.75. The largest absolute Gasteiger partial charge is 0.375 e. The number of allylic oxidation sites excluding steroid dienone is 2. The van der Waals surface area contributed by atoms with E-state index in [1.165, 1.54) is 12.8 Å². The first kappa shape index (κ1) is 17.4. The summed E-state index contributed by atoms with van der Waals surface area (Å²) in [5, 5.41) is 0. The Morgan fingerprint density at radius 1 is 0.778 bits per heavy atom.